The Bertz CT molecular complexity index is 712. The first kappa shape index (κ1) is 17.3. The van der Waals surface area contributed by atoms with Crippen LogP contribution in [0.15, 0.2) is 42.6 Å². The van der Waals surface area contributed by atoms with Crippen LogP contribution < -0.4 is 15.4 Å². The standard InChI is InChI=1S/C20H25N3O2/c1-2-25-19-11-7-6-10-17(19)23-20(24)18-14-16(12-13-21-18)22-15-8-4-3-5-9-15/h6-7,10-15H,2-5,8-9H2,1H3,(H,21,22)(H,23,24). The summed E-state index contributed by atoms with van der Waals surface area (Å²) in [5, 5.41) is 6.42. The number of rotatable bonds is 6. The maximum Gasteiger partial charge on any atom is 0.274 e. The lowest BCUT2D eigenvalue weighted by Crippen LogP contribution is -2.22. The van der Waals surface area contributed by atoms with Crippen molar-refractivity contribution in [3.8, 4) is 5.75 Å². The molecule has 5 nitrogen and oxygen atoms in total. The summed E-state index contributed by atoms with van der Waals surface area (Å²) in [4.78, 5) is 16.8. The number of ether oxygens (including phenoxy) is 1. The minimum atomic E-state index is -0.237. The Kier molecular flexibility index (Phi) is 5.88. The molecule has 1 aromatic carbocycles. The highest BCUT2D eigenvalue weighted by atomic mass is 16.5. The van der Waals surface area contributed by atoms with Gasteiger partial charge in [-0.3, -0.25) is 9.78 Å². The van der Waals surface area contributed by atoms with Gasteiger partial charge in [0.15, 0.2) is 0 Å². The van der Waals surface area contributed by atoms with Gasteiger partial charge in [-0.2, -0.15) is 0 Å². The second-order valence-corrected chi connectivity index (χ2v) is 6.29. The topological polar surface area (TPSA) is 63.2 Å². The SMILES string of the molecule is CCOc1ccccc1NC(=O)c1cc(NC2CCCCC2)ccn1. The zero-order chi connectivity index (χ0) is 17.5. The van der Waals surface area contributed by atoms with E-state index in [4.69, 9.17) is 4.74 Å². The number of benzene rings is 1. The van der Waals surface area contributed by atoms with Crippen LogP contribution in [0.4, 0.5) is 11.4 Å². The van der Waals surface area contributed by atoms with E-state index >= 15 is 0 Å². The number of hydrogen-bond acceptors (Lipinski definition) is 4. The molecule has 1 aromatic heterocycles. The van der Waals surface area contributed by atoms with Gasteiger partial charge in [0.25, 0.3) is 5.91 Å². The molecule has 1 heterocycles. The van der Waals surface area contributed by atoms with E-state index in [9.17, 15) is 4.79 Å². The molecule has 2 N–H and O–H groups in total. The smallest absolute Gasteiger partial charge is 0.274 e. The van der Waals surface area contributed by atoms with E-state index in [1.165, 1.54) is 32.1 Å². The van der Waals surface area contributed by atoms with Gasteiger partial charge in [-0.25, -0.2) is 0 Å². The fourth-order valence-corrected chi connectivity index (χ4v) is 3.16. The number of para-hydroxylation sites is 2. The third-order valence-electron chi connectivity index (χ3n) is 4.40. The Hall–Kier alpha value is -2.56. The molecule has 2 aromatic rings. The molecule has 1 amide bonds. The molecule has 0 saturated heterocycles. The second-order valence-electron chi connectivity index (χ2n) is 6.29. The number of nitrogens with zero attached hydrogens (tertiary/aromatic N) is 1. The number of carbonyl (C=O) groups excluding carboxylic acids is 1. The zero-order valence-electron chi connectivity index (χ0n) is 14.6. The van der Waals surface area contributed by atoms with Gasteiger partial charge in [-0.05, 0) is 44.0 Å². The van der Waals surface area contributed by atoms with E-state index in [0.717, 1.165) is 5.69 Å². The molecular formula is C20H25N3O2. The van der Waals surface area contributed by atoms with E-state index < -0.39 is 0 Å². The van der Waals surface area contributed by atoms with E-state index in [-0.39, 0.29) is 5.91 Å². The Morgan fingerprint density at radius 3 is 2.80 bits per heavy atom. The van der Waals surface area contributed by atoms with Crippen molar-refractivity contribution in [3.63, 3.8) is 0 Å². The molecule has 1 aliphatic carbocycles. The number of anilines is 2. The van der Waals surface area contributed by atoms with Gasteiger partial charge < -0.3 is 15.4 Å². The van der Waals surface area contributed by atoms with Crippen molar-refractivity contribution in [2.75, 3.05) is 17.2 Å². The molecule has 0 atom stereocenters. The fourth-order valence-electron chi connectivity index (χ4n) is 3.16. The molecular weight excluding hydrogens is 314 g/mol. The van der Waals surface area contributed by atoms with Crippen LogP contribution in [0.2, 0.25) is 0 Å². The van der Waals surface area contributed by atoms with Crippen molar-refractivity contribution in [3.05, 3.63) is 48.3 Å². The van der Waals surface area contributed by atoms with E-state index in [0.29, 0.717) is 29.8 Å². The number of hydrogen-bond donors (Lipinski definition) is 2. The first-order valence-corrected chi connectivity index (χ1v) is 9.02. The average Bonchev–Trinajstić information content (AvgIpc) is 2.64. The van der Waals surface area contributed by atoms with Crippen LogP contribution in [0.3, 0.4) is 0 Å². The first-order chi connectivity index (χ1) is 12.3. The normalized spacial score (nSPS) is 14.8. The highest BCUT2D eigenvalue weighted by molar-refractivity contribution is 6.04. The summed E-state index contributed by atoms with van der Waals surface area (Å²) in [7, 11) is 0. The van der Waals surface area contributed by atoms with Gasteiger partial charge in [-0.15, -0.1) is 0 Å². The van der Waals surface area contributed by atoms with Crippen LogP contribution in [-0.4, -0.2) is 23.5 Å². The molecule has 25 heavy (non-hydrogen) atoms. The van der Waals surface area contributed by atoms with Gasteiger partial charge in [-0.1, -0.05) is 31.4 Å². The average molecular weight is 339 g/mol. The quantitative estimate of drug-likeness (QED) is 0.814. The second kappa shape index (κ2) is 8.51. The Morgan fingerprint density at radius 2 is 2.00 bits per heavy atom. The van der Waals surface area contributed by atoms with Crippen LogP contribution in [0.25, 0.3) is 0 Å². The van der Waals surface area contributed by atoms with E-state index in [2.05, 4.69) is 15.6 Å². The summed E-state index contributed by atoms with van der Waals surface area (Å²) >= 11 is 0. The summed E-state index contributed by atoms with van der Waals surface area (Å²) in [5.41, 5.74) is 2.00. The maximum absolute atomic E-state index is 12.6. The van der Waals surface area contributed by atoms with Crippen molar-refractivity contribution >= 4 is 17.3 Å². The van der Waals surface area contributed by atoms with Crippen molar-refractivity contribution in [1.82, 2.24) is 4.98 Å². The number of nitrogens with one attached hydrogen (secondary N) is 2. The van der Waals surface area contributed by atoms with E-state index in [1.54, 1.807) is 6.20 Å². The van der Waals surface area contributed by atoms with Gasteiger partial charge in [0, 0.05) is 17.9 Å². The van der Waals surface area contributed by atoms with Crippen LogP contribution in [0, 0.1) is 0 Å². The molecule has 0 radical (unpaired) electrons. The zero-order valence-corrected chi connectivity index (χ0v) is 14.6. The monoisotopic (exact) mass is 339 g/mol. The van der Waals surface area contributed by atoms with Crippen LogP contribution in [0.5, 0.6) is 5.75 Å². The molecule has 0 aliphatic heterocycles. The lowest BCUT2D eigenvalue weighted by atomic mass is 9.95. The van der Waals surface area contributed by atoms with Crippen molar-refractivity contribution in [2.45, 2.75) is 45.1 Å². The molecule has 0 bridgehead atoms. The summed E-state index contributed by atoms with van der Waals surface area (Å²) in [5.74, 6) is 0.425. The van der Waals surface area contributed by atoms with Crippen LogP contribution in [-0.2, 0) is 0 Å². The van der Waals surface area contributed by atoms with E-state index in [1.807, 2.05) is 43.3 Å². The Balaban J connectivity index is 1.69. The predicted molar refractivity (Wildman–Crippen MR) is 100 cm³/mol. The summed E-state index contributed by atoms with van der Waals surface area (Å²) in [6.07, 6.45) is 7.90. The lowest BCUT2D eigenvalue weighted by molar-refractivity contribution is 0.102. The summed E-state index contributed by atoms with van der Waals surface area (Å²) in [6, 6.07) is 11.6. The Morgan fingerprint density at radius 1 is 1.20 bits per heavy atom. The fraction of sp³-hybridized carbons (Fsp3) is 0.400. The van der Waals surface area contributed by atoms with Crippen molar-refractivity contribution in [2.24, 2.45) is 0 Å². The minimum Gasteiger partial charge on any atom is -0.492 e. The molecule has 1 fully saturated rings. The largest absolute Gasteiger partial charge is 0.492 e. The van der Waals surface area contributed by atoms with Gasteiger partial charge >= 0.3 is 0 Å². The summed E-state index contributed by atoms with van der Waals surface area (Å²) < 4.78 is 5.55. The molecule has 1 saturated carbocycles. The molecule has 3 rings (SSSR count). The van der Waals surface area contributed by atoms with Gasteiger partial charge in [0.2, 0.25) is 0 Å². The minimum absolute atomic E-state index is 0.237. The third-order valence-corrected chi connectivity index (χ3v) is 4.40. The number of aromatic nitrogens is 1. The van der Waals surface area contributed by atoms with Crippen LogP contribution in [0.1, 0.15) is 49.5 Å². The Labute approximate surface area is 148 Å². The molecule has 5 heteroatoms. The molecule has 0 spiro atoms. The molecule has 0 unspecified atom stereocenters. The number of carbonyl (C=O) groups is 1. The first-order valence-electron chi connectivity index (χ1n) is 9.02. The third kappa shape index (κ3) is 4.72. The molecule has 1 aliphatic rings. The predicted octanol–water partition coefficient (Wildman–Crippen LogP) is 4.48. The highest BCUT2D eigenvalue weighted by Crippen LogP contribution is 2.25. The highest BCUT2D eigenvalue weighted by Gasteiger charge is 2.15. The lowest BCUT2D eigenvalue weighted by Gasteiger charge is -2.23. The summed E-state index contributed by atoms with van der Waals surface area (Å²) in [6.45, 7) is 2.46. The maximum atomic E-state index is 12.6. The van der Waals surface area contributed by atoms with Crippen molar-refractivity contribution < 1.29 is 9.53 Å². The number of amides is 1. The van der Waals surface area contributed by atoms with Crippen molar-refractivity contribution in [1.29, 1.82) is 0 Å². The van der Waals surface area contributed by atoms with Crippen LogP contribution >= 0.6 is 0 Å². The number of pyridine rings is 1. The van der Waals surface area contributed by atoms with Gasteiger partial charge in [0.1, 0.15) is 11.4 Å². The van der Waals surface area contributed by atoms with Gasteiger partial charge in [0.05, 0.1) is 12.3 Å². The molecule has 132 valence electrons.